The van der Waals surface area contributed by atoms with Crippen molar-refractivity contribution in [2.24, 2.45) is 11.7 Å². The Morgan fingerprint density at radius 2 is 1.24 bits per heavy atom. The van der Waals surface area contributed by atoms with Crippen LogP contribution in [0.3, 0.4) is 0 Å². The molecule has 6 nitrogen and oxygen atoms in total. The third kappa shape index (κ3) is 9.24. The second-order valence-corrected chi connectivity index (χ2v) is 8.48. The molecule has 0 unspecified atom stereocenters. The first kappa shape index (κ1) is 31.7. The summed E-state index contributed by atoms with van der Waals surface area (Å²) in [6.07, 6.45) is 5.75. The normalized spacial score (nSPS) is 23.8. The molecule has 3 heterocycles. The van der Waals surface area contributed by atoms with Crippen molar-refractivity contribution in [3.05, 3.63) is 0 Å². The summed E-state index contributed by atoms with van der Waals surface area (Å²) < 4.78 is 0. The van der Waals surface area contributed by atoms with Gasteiger partial charge in [0.2, 0.25) is 5.91 Å². The number of carbonyl (C=O) groups excluding carboxylic acids is 1. The van der Waals surface area contributed by atoms with Crippen molar-refractivity contribution in [3.63, 3.8) is 0 Å². The summed E-state index contributed by atoms with van der Waals surface area (Å²) in [4.78, 5) is 22.1. The van der Waals surface area contributed by atoms with Crippen LogP contribution in [-0.4, -0.2) is 104 Å². The molecular formula is C19H41Cl4N5O. The fourth-order valence-corrected chi connectivity index (χ4v) is 4.66. The van der Waals surface area contributed by atoms with E-state index < -0.39 is 0 Å². The van der Waals surface area contributed by atoms with Crippen LogP contribution in [-0.2, 0) is 4.79 Å². The summed E-state index contributed by atoms with van der Waals surface area (Å²) >= 11 is 0. The Kier molecular flexibility index (Phi) is 16.7. The molecule has 0 radical (unpaired) electrons. The highest BCUT2D eigenvalue weighted by Gasteiger charge is 2.31. The molecule has 0 aromatic rings. The SMILES string of the molecule is CN1CCC(C[C@@H](N)C(=O)N2CCN(C3CCN(C)CC3)CC2)CC1.Cl.Cl.Cl.Cl. The van der Waals surface area contributed by atoms with Gasteiger partial charge in [0.25, 0.3) is 0 Å². The summed E-state index contributed by atoms with van der Waals surface area (Å²) in [7, 11) is 4.38. The zero-order valence-electron chi connectivity index (χ0n) is 17.8. The van der Waals surface area contributed by atoms with Crippen LogP contribution in [0, 0.1) is 5.92 Å². The number of rotatable bonds is 4. The molecule has 0 saturated carbocycles. The van der Waals surface area contributed by atoms with Gasteiger partial charge in [0.05, 0.1) is 6.04 Å². The Balaban J connectivity index is 0. The monoisotopic (exact) mass is 495 g/mol. The molecule has 0 aromatic carbocycles. The lowest BCUT2D eigenvalue weighted by Crippen LogP contribution is -2.56. The minimum Gasteiger partial charge on any atom is -0.339 e. The van der Waals surface area contributed by atoms with Gasteiger partial charge in [0.1, 0.15) is 0 Å². The highest BCUT2D eigenvalue weighted by Crippen LogP contribution is 2.22. The first-order valence-corrected chi connectivity index (χ1v) is 10.2. The lowest BCUT2D eigenvalue weighted by Gasteiger charge is -2.42. The summed E-state index contributed by atoms with van der Waals surface area (Å²) in [5.74, 6) is 0.803. The van der Waals surface area contributed by atoms with E-state index in [2.05, 4.69) is 28.8 Å². The molecule has 1 amide bonds. The maximum atomic E-state index is 12.7. The number of hydrogen-bond donors (Lipinski definition) is 1. The maximum Gasteiger partial charge on any atom is 0.239 e. The number of hydrogen-bond acceptors (Lipinski definition) is 5. The number of halogens is 4. The second kappa shape index (κ2) is 15.3. The summed E-state index contributed by atoms with van der Waals surface area (Å²) in [6, 6.07) is 0.407. The number of nitrogens with two attached hydrogens (primary N) is 1. The number of amides is 1. The lowest BCUT2D eigenvalue weighted by atomic mass is 9.90. The van der Waals surface area contributed by atoms with Gasteiger partial charge in [-0.3, -0.25) is 9.69 Å². The topological polar surface area (TPSA) is 56.1 Å². The van der Waals surface area contributed by atoms with Crippen LogP contribution in [0.2, 0.25) is 0 Å². The lowest BCUT2D eigenvalue weighted by molar-refractivity contribution is -0.135. The fraction of sp³-hybridized carbons (Fsp3) is 0.947. The zero-order chi connectivity index (χ0) is 17.8. The number of nitrogens with zero attached hydrogens (tertiary/aromatic N) is 4. The van der Waals surface area contributed by atoms with E-state index in [0.717, 1.165) is 45.7 Å². The van der Waals surface area contributed by atoms with E-state index in [1.54, 1.807) is 0 Å². The minimum absolute atomic E-state index is 0. The van der Waals surface area contributed by atoms with Crippen LogP contribution in [0.5, 0.6) is 0 Å². The van der Waals surface area contributed by atoms with Crippen LogP contribution >= 0.6 is 49.6 Å². The fourth-order valence-electron chi connectivity index (χ4n) is 4.66. The molecule has 3 saturated heterocycles. The van der Waals surface area contributed by atoms with Crippen molar-refractivity contribution >= 4 is 55.5 Å². The Hall–Kier alpha value is 0.470. The van der Waals surface area contributed by atoms with Crippen molar-refractivity contribution in [1.29, 1.82) is 0 Å². The Bertz CT molecular complexity index is 438. The van der Waals surface area contributed by atoms with Crippen molar-refractivity contribution in [2.45, 2.75) is 44.2 Å². The quantitative estimate of drug-likeness (QED) is 0.644. The minimum atomic E-state index is -0.303. The number of carbonyl (C=O) groups is 1. The van der Waals surface area contributed by atoms with Crippen LogP contribution in [0.25, 0.3) is 0 Å². The molecule has 3 aliphatic heterocycles. The molecule has 3 aliphatic rings. The van der Waals surface area contributed by atoms with E-state index in [1.165, 1.54) is 38.8 Å². The molecule has 0 aliphatic carbocycles. The van der Waals surface area contributed by atoms with Crippen LogP contribution < -0.4 is 5.73 Å². The Labute approximate surface area is 201 Å². The average Bonchev–Trinajstić information content (AvgIpc) is 2.64. The first-order valence-electron chi connectivity index (χ1n) is 10.2. The van der Waals surface area contributed by atoms with Crippen molar-refractivity contribution < 1.29 is 4.79 Å². The third-order valence-corrected chi connectivity index (χ3v) is 6.57. The van der Waals surface area contributed by atoms with E-state index in [4.69, 9.17) is 5.73 Å². The zero-order valence-corrected chi connectivity index (χ0v) is 21.1. The predicted octanol–water partition coefficient (Wildman–Crippen LogP) is 1.97. The average molecular weight is 497 g/mol. The van der Waals surface area contributed by atoms with Crippen LogP contribution in [0.15, 0.2) is 0 Å². The number of piperidine rings is 2. The smallest absolute Gasteiger partial charge is 0.239 e. The molecule has 0 aromatic heterocycles. The second-order valence-electron chi connectivity index (χ2n) is 8.48. The summed E-state index contributed by atoms with van der Waals surface area (Å²) in [6.45, 7) is 8.42. The highest BCUT2D eigenvalue weighted by atomic mass is 35.5. The van der Waals surface area contributed by atoms with Crippen LogP contribution in [0.1, 0.15) is 32.1 Å². The van der Waals surface area contributed by atoms with Gasteiger partial charge in [-0.25, -0.2) is 0 Å². The molecule has 29 heavy (non-hydrogen) atoms. The van der Waals surface area contributed by atoms with E-state index in [0.29, 0.717) is 12.0 Å². The number of likely N-dealkylation sites (tertiary alicyclic amines) is 2. The van der Waals surface area contributed by atoms with Crippen molar-refractivity contribution in [2.75, 3.05) is 66.5 Å². The molecule has 3 fully saturated rings. The first-order chi connectivity index (χ1) is 12.0. The van der Waals surface area contributed by atoms with Crippen molar-refractivity contribution in [3.8, 4) is 0 Å². The van der Waals surface area contributed by atoms with Gasteiger partial charge in [-0.15, -0.1) is 49.6 Å². The highest BCUT2D eigenvalue weighted by molar-refractivity contribution is 5.86. The molecule has 10 heteroatoms. The van der Waals surface area contributed by atoms with Gasteiger partial charge in [-0.1, -0.05) is 0 Å². The van der Waals surface area contributed by atoms with Gasteiger partial charge in [-0.05, 0) is 78.3 Å². The van der Waals surface area contributed by atoms with Gasteiger partial charge in [0, 0.05) is 32.2 Å². The number of piperazine rings is 1. The van der Waals surface area contributed by atoms with E-state index in [9.17, 15) is 4.79 Å². The van der Waals surface area contributed by atoms with E-state index in [1.807, 2.05) is 4.90 Å². The Morgan fingerprint density at radius 1 is 0.793 bits per heavy atom. The third-order valence-electron chi connectivity index (χ3n) is 6.57. The van der Waals surface area contributed by atoms with Crippen LogP contribution in [0.4, 0.5) is 0 Å². The summed E-state index contributed by atoms with van der Waals surface area (Å²) in [5.41, 5.74) is 6.28. The molecule has 0 bridgehead atoms. The Morgan fingerprint density at radius 3 is 1.72 bits per heavy atom. The van der Waals surface area contributed by atoms with E-state index >= 15 is 0 Å². The van der Waals surface area contributed by atoms with E-state index in [-0.39, 0.29) is 61.6 Å². The maximum absolute atomic E-state index is 12.7. The molecule has 2 N–H and O–H groups in total. The largest absolute Gasteiger partial charge is 0.339 e. The van der Waals surface area contributed by atoms with Gasteiger partial charge >= 0.3 is 0 Å². The van der Waals surface area contributed by atoms with Gasteiger partial charge in [0.15, 0.2) is 0 Å². The molecule has 1 atom stereocenters. The standard InChI is InChI=1S/C19H37N5O.4ClH/c1-21-7-3-16(4-8-21)15-18(20)19(25)24-13-11-23(12-14-24)17-5-9-22(2)10-6-17;;;;/h16-18H,3-15,20H2,1-2H3;4*1H/t18-;;;;/m1..../s1. The summed E-state index contributed by atoms with van der Waals surface area (Å²) in [5, 5.41) is 0. The molecule has 3 rings (SSSR count). The van der Waals surface area contributed by atoms with Crippen molar-refractivity contribution in [1.82, 2.24) is 19.6 Å². The molecular weight excluding hydrogens is 456 g/mol. The molecule has 176 valence electrons. The van der Waals surface area contributed by atoms with Gasteiger partial charge < -0.3 is 20.4 Å². The predicted molar refractivity (Wildman–Crippen MR) is 130 cm³/mol. The van der Waals surface area contributed by atoms with Gasteiger partial charge in [-0.2, -0.15) is 0 Å². The molecule has 0 spiro atoms.